The van der Waals surface area contributed by atoms with Crippen LogP contribution in [0.2, 0.25) is 10.0 Å². The first-order valence-corrected chi connectivity index (χ1v) is 5.46. The highest BCUT2D eigenvalue weighted by molar-refractivity contribution is 6.54. The Bertz CT molecular complexity index is 646. The molecule has 0 radical (unpaired) electrons. The number of rotatable bonds is 0. The number of benzene rings is 1. The number of fused-ring (bicyclic) bond motifs is 1. The zero-order valence-electron chi connectivity index (χ0n) is 8.91. The van der Waals surface area contributed by atoms with Gasteiger partial charge in [0.2, 0.25) is 11.6 Å². The van der Waals surface area contributed by atoms with Crippen LogP contribution in [0.1, 0.15) is 22.8 Å². The molecule has 7 heteroatoms. The van der Waals surface area contributed by atoms with Crippen molar-refractivity contribution in [2.45, 2.75) is 6.92 Å². The molecule has 94 valence electrons. The molecule has 0 amide bonds. The van der Waals surface area contributed by atoms with Crippen LogP contribution in [0.4, 0.5) is 0 Å². The van der Waals surface area contributed by atoms with E-state index in [-0.39, 0.29) is 11.1 Å². The van der Waals surface area contributed by atoms with Gasteiger partial charge in [-0.05, 0) is 6.92 Å². The molecule has 0 fully saturated rings. The lowest BCUT2D eigenvalue weighted by Crippen LogP contribution is -2.23. The number of phenolic OH excluding ortho intramolecular Hbond substituents is 2. The molecular weight excluding hydrogens is 283 g/mol. The Kier molecular flexibility index (Phi) is 2.76. The SMILES string of the molecule is CC1=C(O)c2c(O)c(Cl)c(Cl)c(O)c2C(=O)C1=O. The fraction of sp³-hybridized carbons (Fsp3) is 0.0909. The lowest BCUT2D eigenvalue weighted by Gasteiger charge is -2.19. The van der Waals surface area contributed by atoms with Gasteiger partial charge in [0.1, 0.15) is 27.3 Å². The first kappa shape index (κ1) is 12.7. The van der Waals surface area contributed by atoms with Crippen molar-refractivity contribution < 1.29 is 24.9 Å². The lowest BCUT2D eigenvalue weighted by atomic mass is 9.88. The third-order valence-corrected chi connectivity index (χ3v) is 3.53. The lowest BCUT2D eigenvalue weighted by molar-refractivity contribution is -0.111. The molecule has 0 bridgehead atoms. The van der Waals surface area contributed by atoms with Crippen molar-refractivity contribution in [1.82, 2.24) is 0 Å². The summed E-state index contributed by atoms with van der Waals surface area (Å²) in [5.41, 5.74) is -1.17. The zero-order chi connectivity index (χ0) is 13.8. The Morgan fingerprint density at radius 2 is 1.28 bits per heavy atom. The Morgan fingerprint density at radius 1 is 0.833 bits per heavy atom. The summed E-state index contributed by atoms with van der Waals surface area (Å²) in [6, 6.07) is 0. The monoisotopic (exact) mass is 288 g/mol. The van der Waals surface area contributed by atoms with Crippen LogP contribution in [-0.2, 0) is 4.79 Å². The minimum atomic E-state index is -1.06. The highest BCUT2D eigenvalue weighted by atomic mass is 35.5. The molecule has 0 atom stereocenters. The van der Waals surface area contributed by atoms with Gasteiger partial charge < -0.3 is 15.3 Å². The molecule has 0 saturated carbocycles. The van der Waals surface area contributed by atoms with E-state index in [9.17, 15) is 24.9 Å². The Morgan fingerprint density at radius 3 is 1.78 bits per heavy atom. The molecule has 3 N–H and O–H groups in total. The number of carbonyl (C=O) groups excluding carboxylic acids is 2. The van der Waals surface area contributed by atoms with E-state index >= 15 is 0 Å². The van der Waals surface area contributed by atoms with E-state index < -0.39 is 44.4 Å². The Hall–Kier alpha value is -1.72. The summed E-state index contributed by atoms with van der Waals surface area (Å²) in [6.45, 7) is 1.22. The normalized spacial score (nSPS) is 15.1. The maximum atomic E-state index is 11.7. The standard InChI is InChI=1S/C11H6Cl2O5/c1-2-7(14)3-4(11(18)8(2)15)10(17)6(13)5(12)9(3)16/h14,16-17H,1H3. The van der Waals surface area contributed by atoms with Crippen LogP contribution in [0.15, 0.2) is 5.57 Å². The van der Waals surface area contributed by atoms with E-state index in [1.54, 1.807) is 0 Å². The molecule has 1 aliphatic carbocycles. The Balaban J connectivity index is 3.01. The minimum Gasteiger partial charge on any atom is -0.507 e. The van der Waals surface area contributed by atoms with Gasteiger partial charge in [-0.25, -0.2) is 0 Å². The second kappa shape index (κ2) is 3.90. The average molecular weight is 289 g/mol. The van der Waals surface area contributed by atoms with E-state index in [0.29, 0.717) is 0 Å². The first-order valence-electron chi connectivity index (χ1n) is 4.71. The van der Waals surface area contributed by atoms with Gasteiger partial charge in [-0.1, -0.05) is 23.2 Å². The summed E-state index contributed by atoms with van der Waals surface area (Å²) in [6.07, 6.45) is 0. The molecule has 1 aromatic carbocycles. The molecule has 5 nitrogen and oxygen atoms in total. The average Bonchev–Trinajstić information content (AvgIpc) is 2.35. The molecule has 0 heterocycles. The van der Waals surface area contributed by atoms with E-state index in [2.05, 4.69) is 0 Å². The van der Waals surface area contributed by atoms with Crippen molar-refractivity contribution in [2.24, 2.45) is 0 Å². The highest BCUT2D eigenvalue weighted by Crippen LogP contribution is 2.48. The molecule has 1 aliphatic rings. The highest BCUT2D eigenvalue weighted by Gasteiger charge is 2.37. The van der Waals surface area contributed by atoms with Crippen molar-refractivity contribution in [1.29, 1.82) is 0 Å². The van der Waals surface area contributed by atoms with Crippen molar-refractivity contribution in [3.8, 4) is 11.5 Å². The van der Waals surface area contributed by atoms with Crippen molar-refractivity contribution in [2.75, 3.05) is 0 Å². The van der Waals surface area contributed by atoms with Crippen LogP contribution in [0.3, 0.4) is 0 Å². The first-order chi connectivity index (χ1) is 8.29. The molecule has 0 aromatic heterocycles. The summed E-state index contributed by atoms with van der Waals surface area (Å²) in [7, 11) is 0. The van der Waals surface area contributed by atoms with Crippen molar-refractivity contribution >= 4 is 40.5 Å². The number of hydrogen-bond donors (Lipinski definition) is 3. The van der Waals surface area contributed by atoms with Gasteiger partial charge in [0.15, 0.2) is 0 Å². The summed E-state index contributed by atoms with van der Waals surface area (Å²) in [5, 5.41) is 28.4. The van der Waals surface area contributed by atoms with Gasteiger partial charge in [0.25, 0.3) is 0 Å². The molecular formula is C11H6Cl2O5. The molecule has 0 unspecified atom stereocenters. The smallest absolute Gasteiger partial charge is 0.237 e. The topological polar surface area (TPSA) is 94.8 Å². The van der Waals surface area contributed by atoms with Gasteiger partial charge >= 0.3 is 0 Å². The van der Waals surface area contributed by atoms with Gasteiger partial charge in [0, 0.05) is 5.57 Å². The number of allylic oxidation sites excluding steroid dienone is 1. The van der Waals surface area contributed by atoms with Crippen molar-refractivity contribution in [3.05, 3.63) is 26.7 Å². The predicted octanol–water partition coefficient (Wildman–Crippen LogP) is 2.46. The molecule has 1 aromatic rings. The van der Waals surface area contributed by atoms with Gasteiger partial charge in [-0.3, -0.25) is 9.59 Å². The summed E-state index contributed by atoms with van der Waals surface area (Å²) >= 11 is 11.3. The Labute approximate surface area is 111 Å². The number of Topliss-reactive ketones (excluding diaryl/α,β-unsaturated/α-hetero) is 2. The number of hydrogen-bond acceptors (Lipinski definition) is 5. The van der Waals surface area contributed by atoms with Crippen LogP contribution < -0.4 is 0 Å². The molecule has 0 aliphatic heterocycles. The zero-order valence-corrected chi connectivity index (χ0v) is 10.4. The quantitative estimate of drug-likeness (QED) is 0.503. The van der Waals surface area contributed by atoms with Crippen LogP contribution in [0.5, 0.6) is 11.5 Å². The minimum absolute atomic E-state index is 0.236. The third-order valence-electron chi connectivity index (χ3n) is 2.70. The predicted molar refractivity (Wildman–Crippen MR) is 64.4 cm³/mol. The van der Waals surface area contributed by atoms with Crippen LogP contribution in [-0.4, -0.2) is 26.9 Å². The maximum absolute atomic E-state index is 11.7. The second-order valence-electron chi connectivity index (χ2n) is 3.71. The summed E-state index contributed by atoms with van der Waals surface area (Å²) in [4.78, 5) is 23.3. The summed E-state index contributed by atoms with van der Waals surface area (Å²) in [5.74, 6) is -4.06. The van der Waals surface area contributed by atoms with Gasteiger partial charge in [-0.15, -0.1) is 0 Å². The van der Waals surface area contributed by atoms with Crippen LogP contribution in [0.25, 0.3) is 5.76 Å². The number of carbonyl (C=O) groups is 2. The van der Waals surface area contributed by atoms with Crippen molar-refractivity contribution in [3.63, 3.8) is 0 Å². The maximum Gasteiger partial charge on any atom is 0.237 e. The van der Waals surface area contributed by atoms with E-state index in [1.165, 1.54) is 6.92 Å². The molecule has 2 rings (SSSR count). The van der Waals surface area contributed by atoms with E-state index in [4.69, 9.17) is 23.2 Å². The van der Waals surface area contributed by atoms with Crippen LogP contribution in [0, 0.1) is 0 Å². The number of ketones is 2. The third kappa shape index (κ3) is 1.41. The number of phenols is 2. The molecule has 0 saturated heterocycles. The van der Waals surface area contributed by atoms with E-state index in [0.717, 1.165) is 0 Å². The largest absolute Gasteiger partial charge is 0.507 e. The van der Waals surface area contributed by atoms with Crippen LogP contribution >= 0.6 is 23.2 Å². The van der Waals surface area contributed by atoms with Gasteiger partial charge in [-0.2, -0.15) is 0 Å². The number of halogens is 2. The number of aromatic hydroxyl groups is 2. The number of aliphatic hydroxyl groups is 1. The molecule has 18 heavy (non-hydrogen) atoms. The number of aliphatic hydroxyl groups excluding tert-OH is 1. The van der Waals surface area contributed by atoms with E-state index in [1.807, 2.05) is 0 Å². The van der Waals surface area contributed by atoms with Gasteiger partial charge in [0.05, 0.1) is 11.1 Å². The fourth-order valence-electron chi connectivity index (χ4n) is 1.69. The molecule has 0 spiro atoms. The summed E-state index contributed by atoms with van der Waals surface area (Å²) < 4.78 is 0. The second-order valence-corrected chi connectivity index (χ2v) is 4.46. The fourth-order valence-corrected chi connectivity index (χ4v) is 2.06.